The van der Waals surface area contributed by atoms with Crippen molar-refractivity contribution in [2.24, 2.45) is 0 Å². The highest BCUT2D eigenvalue weighted by Gasteiger charge is 2.19. The minimum atomic E-state index is -0.788. The second-order valence-electron chi connectivity index (χ2n) is 18.1. The predicted octanol–water partition coefficient (Wildman–Crippen LogP) is 18.2. The van der Waals surface area contributed by atoms with Gasteiger partial charge in [-0.25, -0.2) is 0 Å². The molecule has 6 heteroatoms. The van der Waals surface area contributed by atoms with Gasteiger partial charge in [-0.2, -0.15) is 0 Å². The van der Waals surface area contributed by atoms with Crippen LogP contribution in [0.2, 0.25) is 0 Å². The average Bonchev–Trinajstić information content (AvgIpc) is 3.30. The van der Waals surface area contributed by atoms with Crippen molar-refractivity contribution in [1.29, 1.82) is 0 Å². The van der Waals surface area contributed by atoms with Crippen LogP contribution < -0.4 is 0 Å². The summed E-state index contributed by atoms with van der Waals surface area (Å²) >= 11 is 0. The van der Waals surface area contributed by atoms with Gasteiger partial charge in [0.1, 0.15) is 13.2 Å². The van der Waals surface area contributed by atoms with Crippen molar-refractivity contribution in [1.82, 2.24) is 0 Å². The van der Waals surface area contributed by atoms with Gasteiger partial charge in [0.25, 0.3) is 0 Å². The van der Waals surface area contributed by atoms with Crippen molar-refractivity contribution in [3.05, 3.63) is 72.9 Å². The average molecular weight is 907 g/mol. The van der Waals surface area contributed by atoms with Crippen molar-refractivity contribution >= 4 is 17.9 Å². The van der Waals surface area contributed by atoms with Crippen LogP contribution in [0.1, 0.15) is 265 Å². The van der Waals surface area contributed by atoms with E-state index in [-0.39, 0.29) is 31.1 Å². The summed E-state index contributed by atoms with van der Waals surface area (Å²) in [4.78, 5) is 38.0. The Kier molecular flexibility index (Phi) is 50.9. The van der Waals surface area contributed by atoms with Gasteiger partial charge >= 0.3 is 17.9 Å². The highest BCUT2D eigenvalue weighted by molar-refractivity contribution is 5.71. The fourth-order valence-electron chi connectivity index (χ4n) is 7.58. The fraction of sp³-hybridized carbons (Fsp3) is 0.746. The molecule has 0 aromatic carbocycles. The summed E-state index contributed by atoms with van der Waals surface area (Å²) in [6, 6.07) is 0. The van der Waals surface area contributed by atoms with Crippen molar-refractivity contribution in [3.63, 3.8) is 0 Å². The molecular formula is C59H102O6. The van der Waals surface area contributed by atoms with Crippen LogP contribution in [0.4, 0.5) is 0 Å². The lowest BCUT2D eigenvalue weighted by atomic mass is 10.1. The van der Waals surface area contributed by atoms with Gasteiger partial charge in [0.15, 0.2) is 6.10 Å². The minimum Gasteiger partial charge on any atom is -0.462 e. The third-order valence-corrected chi connectivity index (χ3v) is 11.7. The van der Waals surface area contributed by atoms with Crippen LogP contribution in [0.3, 0.4) is 0 Å². The molecule has 0 aliphatic rings. The highest BCUT2D eigenvalue weighted by atomic mass is 16.6. The summed E-state index contributed by atoms with van der Waals surface area (Å²) in [5, 5.41) is 0. The second kappa shape index (κ2) is 53.5. The van der Waals surface area contributed by atoms with Crippen molar-refractivity contribution in [2.75, 3.05) is 13.2 Å². The van der Waals surface area contributed by atoms with E-state index in [1.807, 2.05) is 0 Å². The molecule has 0 heterocycles. The van der Waals surface area contributed by atoms with Gasteiger partial charge in [-0.05, 0) is 89.9 Å². The molecule has 0 aliphatic carbocycles. The number of carbonyl (C=O) groups is 3. The molecule has 0 aromatic heterocycles. The van der Waals surface area contributed by atoms with Gasteiger partial charge in [0, 0.05) is 19.3 Å². The molecule has 0 rings (SSSR count). The maximum absolute atomic E-state index is 12.8. The minimum absolute atomic E-state index is 0.0865. The zero-order chi connectivity index (χ0) is 47.2. The molecule has 6 nitrogen and oxygen atoms in total. The lowest BCUT2D eigenvalue weighted by Gasteiger charge is -2.18. The largest absolute Gasteiger partial charge is 0.462 e. The van der Waals surface area contributed by atoms with E-state index >= 15 is 0 Å². The Labute approximate surface area is 402 Å². The van der Waals surface area contributed by atoms with Crippen LogP contribution in [-0.4, -0.2) is 37.2 Å². The normalized spacial score (nSPS) is 12.6. The Morgan fingerprint density at radius 2 is 0.600 bits per heavy atom. The van der Waals surface area contributed by atoms with E-state index in [2.05, 4.69) is 93.7 Å². The molecule has 0 unspecified atom stereocenters. The van der Waals surface area contributed by atoms with Crippen LogP contribution in [0.25, 0.3) is 0 Å². The van der Waals surface area contributed by atoms with Gasteiger partial charge in [0.05, 0.1) is 0 Å². The third kappa shape index (κ3) is 51.7. The van der Waals surface area contributed by atoms with Crippen LogP contribution in [0.5, 0.6) is 0 Å². The maximum atomic E-state index is 12.8. The molecule has 0 N–H and O–H groups in total. The zero-order valence-corrected chi connectivity index (χ0v) is 42.7. The van der Waals surface area contributed by atoms with Crippen LogP contribution >= 0.6 is 0 Å². The predicted molar refractivity (Wildman–Crippen MR) is 279 cm³/mol. The van der Waals surface area contributed by atoms with Crippen LogP contribution in [0, 0.1) is 0 Å². The first-order chi connectivity index (χ1) is 32.0. The number of ether oxygens (including phenoxy) is 3. The second-order valence-corrected chi connectivity index (χ2v) is 18.1. The molecule has 0 bridgehead atoms. The topological polar surface area (TPSA) is 78.9 Å². The molecule has 0 amide bonds. The number of hydrogen-bond donors (Lipinski definition) is 0. The number of hydrogen-bond acceptors (Lipinski definition) is 6. The smallest absolute Gasteiger partial charge is 0.306 e. The molecule has 0 aliphatic heterocycles. The Hall–Kier alpha value is -3.15. The molecule has 0 fully saturated rings. The van der Waals surface area contributed by atoms with Crippen LogP contribution in [-0.2, 0) is 28.6 Å². The first-order valence-corrected chi connectivity index (χ1v) is 27.4. The van der Waals surface area contributed by atoms with Gasteiger partial charge in [-0.1, -0.05) is 229 Å². The molecule has 0 radical (unpaired) electrons. The lowest BCUT2D eigenvalue weighted by molar-refractivity contribution is -0.167. The van der Waals surface area contributed by atoms with Crippen molar-refractivity contribution in [3.8, 4) is 0 Å². The summed E-state index contributed by atoms with van der Waals surface area (Å²) in [5.74, 6) is -0.919. The summed E-state index contributed by atoms with van der Waals surface area (Å²) in [6.07, 6.45) is 67.4. The van der Waals surface area contributed by atoms with Crippen molar-refractivity contribution < 1.29 is 28.6 Å². The quantitative estimate of drug-likeness (QED) is 0.0262. The van der Waals surface area contributed by atoms with Gasteiger partial charge in [-0.15, -0.1) is 0 Å². The van der Waals surface area contributed by atoms with Gasteiger partial charge in [-0.3, -0.25) is 14.4 Å². The van der Waals surface area contributed by atoms with E-state index in [1.165, 1.54) is 128 Å². The SMILES string of the molecule is CC/C=C\C/C=C\C/C=C\C/C=C\C/C=C\CCCCCC(=O)OC[C@H](COC(=O)CCCCCCCCC/C=C\CCCCCCCC)OC(=O)CCCCCCCCCCCCC. The van der Waals surface area contributed by atoms with E-state index in [0.29, 0.717) is 19.3 Å². The van der Waals surface area contributed by atoms with Crippen LogP contribution in [0.15, 0.2) is 72.9 Å². The number of allylic oxidation sites excluding steroid dienone is 12. The van der Waals surface area contributed by atoms with E-state index in [1.54, 1.807) is 0 Å². The number of rotatable bonds is 49. The molecule has 1 atom stereocenters. The standard InChI is InChI=1S/C59H102O6/c1-4-7-10-13-16-19-22-24-26-28-29-31-33-35-38-40-43-46-49-52-58(61)64-55-56(65-59(62)53-50-47-44-41-36-21-18-15-12-9-6-3)54-63-57(60)51-48-45-42-39-37-34-32-30-27-25-23-20-17-14-11-8-5-2/h7,10,16,19,24-27,29,31,35,38,56H,4-6,8-9,11-15,17-18,20-23,28,30,32-34,36-37,39-55H2,1-3H3/b10-7-,19-16-,26-24-,27-25-,31-29-,38-35-/t56-/m0/s1. The number of carbonyl (C=O) groups excluding carboxylic acids is 3. The Morgan fingerprint density at radius 3 is 0.969 bits per heavy atom. The molecule has 374 valence electrons. The van der Waals surface area contributed by atoms with Gasteiger partial charge in [0.2, 0.25) is 0 Å². The number of esters is 3. The molecule has 0 aromatic rings. The van der Waals surface area contributed by atoms with E-state index in [0.717, 1.165) is 96.3 Å². The highest BCUT2D eigenvalue weighted by Crippen LogP contribution is 2.15. The first-order valence-electron chi connectivity index (χ1n) is 27.4. The van der Waals surface area contributed by atoms with Gasteiger partial charge < -0.3 is 14.2 Å². The lowest BCUT2D eigenvalue weighted by Crippen LogP contribution is -2.30. The van der Waals surface area contributed by atoms with Crippen molar-refractivity contribution in [2.45, 2.75) is 271 Å². The summed E-state index contributed by atoms with van der Waals surface area (Å²) < 4.78 is 16.8. The van der Waals surface area contributed by atoms with E-state index in [4.69, 9.17) is 14.2 Å². The summed E-state index contributed by atoms with van der Waals surface area (Å²) in [5.41, 5.74) is 0. The molecular weight excluding hydrogens is 805 g/mol. The Morgan fingerprint density at radius 1 is 0.323 bits per heavy atom. The fourth-order valence-corrected chi connectivity index (χ4v) is 7.58. The molecule has 0 spiro atoms. The molecule has 65 heavy (non-hydrogen) atoms. The monoisotopic (exact) mass is 907 g/mol. The summed E-state index contributed by atoms with van der Waals surface area (Å²) in [7, 11) is 0. The third-order valence-electron chi connectivity index (χ3n) is 11.7. The molecule has 0 saturated carbocycles. The zero-order valence-electron chi connectivity index (χ0n) is 42.7. The maximum Gasteiger partial charge on any atom is 0.306 e. The Bertz CT molecular complexity index is 1230. The summed E-state index contributed by atoms with van der Waals surface area (Å²) in [6.45, 7) is 6.49. The Balaban J connectivity index is 4.39. The number of unbranched alkanes of at least 4 members (excludes halogenated alkanes) is 26. The molecule has 0 saturated heterocycles. The van der Waals surface area contributed by atoms with E-state index in [9.17, 15) is 14.4 Å². The van der Waals surface area contributed by atoms with E-state index < -0.39 is 6.10 Å². The first kappa shape index (κ1) is 61.9.